The summed E-state index contributed by atoms with van der Waals surface area (Å²) in [6.45, 7) is 4.33. The van der Waals surface area contributed by atoms with E-state index in [4.69, 9.17) is 11.6 Å². The summed E-state index contributed by atoms with van der Waals surface area (Å²) >= 11 is 6.05. The van der Waals surface area contributed by atoms with Gasteiger partial charge in [0.05, 0.1) is 0 Å². The molecule has 0 atom stereocenters. The maximum atomic E-state index is 6.05. The molecule has 0 aromatic heterocycles. The Morgan fingerprint density at radius 3 is 2.20 bits per heavy atom. The largest absolute Gasteiger partial charge is 0.0892 e. The van der Waals surface area contributed by atoms with Crippen molar-refractivity contribution in [1.82, 2.24) is 0 Å². The highest BCUT2D eigenvalue weighted by Gasteiger charge is 2.26. The van der Waals surface area contributed by atoms with Gasteiger partial charge in [0.15, 0.2) is 0 Å². The fraction of sp³-hybridized carbons (Fsp3) is 0.778. The van der Waals surface area contributed by atoms with Crippen LogP contribution in [0.3, 0.4) is 0 Å². The average molecular weight is 159 g/mol. The molecule has 0 nitrogen and oxygen atoms in total. The zero-order chi connectivity index (χ0) is 7.56. The van der Waals surface area contributed by atoms with E-state index >= 15 is 0 Å². The summed E-state index contributed by atoms with van der Waals surface area (Å²) in [4.78, 5) is 0. The lowest BCUT2D eigenvalue weighted by Crippen LogP contribution is -1.86. The van der Waals surface area contributed by atoms with Crippen LogP contribution in [0, 0.1) is 5.92 Å². The van der Waals surface area contributed by atoms with E-state index in [0.29, 0.717) is 0 Å². The molecule has 58 valence electrons. The van der Waals surface area contributed by atoms with Gasteiger partial charge in [0, 0.05) is 5.03 Å². The van der Waals surface area contributed by atoms with Crippen molar-refractivity contribution >= 4 is 11.6 Å². The molecular weight excluding hydrogens is 144 g/mol. The molecule has 0 aliphatic heterocycles. The van der Waals surface area contributed by atoms with Crippen LogP contribution in [-0.4, -0.2) is 0 Å². The molecule has 1 saturated carbocycles. The molecule has 0 saturated heterocycles. The van der Waals surface area contributed by atoms with Gasteiger partial charge in [-0.3, -0.25) is 0 Å². The van der Waals surface area contributed by atoms with Crippen LogP contribution in [0.4, 0.5) is 0 Å². The summed E-state index contributed by atoms with van der Waals surface area (Å²) < 4.78 is 0. The highest BCUT2D eigenvalue weighted by Crippen LogP contribution is 2.40. The second-order valence-electron chi connectivity index (χ2n) is 2.91. The standard InChI is InChI=1S/C9H15Cl/c1-3-8(7-5-6-7)9(10)4-2/h7H,3-6H2,1-2H3/b9-8-. The third-order valence-corrected chi connectivity index (χ3v) is 2.62. The number of hydrogen-bond acceptors (Lipinski definition) is 0. The van der Waals surface area contributed by atoms with Gasteiger partial charge in [-0.05, 0) is 31.6 Å². The molecule has 0 heterocycles. The first kappa shape index (κ1) is 8.13. The molecular formula is C9H15Cl. The van der Waals surface area contributed by atoms with E-state index in [1.54, 1.807) is 0 Å². The van der Waals surface area contributed by atoms with E-state index in [1.807, 2.05) is 0 Å². The smallest absolute Gasteiger partial charge is 0.0172 e. The second-order valence-corrected chi connectivity index (χ2v) is 3.37. The van der Waals surface area contributed by atoms with Crippen LogP contribution in [0.1, 0.15) is 39.5 Å². The lowest BCUT2D eigenvalue weighted by Gasteiger charge is -2.03. The lowest BCUT2D eigenvalue weighted by atomic mass is 10.1. The van der Waals surface area contributed by atoms with Crippen molar-refractivity contribution < 1.29 is 0 Å². The van der Waals surface area contributed by atoms with Crippen molar-refractivity contribution in [3.63, 3.8) is 0 Å². The zero-order valence-electron chi connectivity index (χ0n) is 6.78. The molecule has 0 bridgehead atoms. The van der Waals surface area contributed by atoms with Crippen LogP contribution in [0.2, 0.25) is 0 Å². The molecule has 0 amide bonds. The Kier molecular flexibility index (Phi) is 2.79. The van der Waals surface area contributed by atoms with Crippen LogP contribution in [0.5, 0.6) is 0 Å². The molecule has 10 heavy (non-hydrogen) atoms. The summed E-state index contributed by atoms with van der Waals surface area (Å²) in [6.07, 6.45) is 4.91. The maximum Gasteiger partial charge on any atom is 0.0172 e. The summed E-state index contributed by atoms with van der Waals surface area (Å²) in [7, 11) is 0. The Hall–Kier alpha value is 0.0300. The van der Waals surface area contributed by atoms with Gasteiger partial charge < -0.3 is 0 Å². The summed E-state index contributed by atoms with van der Waals surface area (Å²) in [5.41, 5.74) is 1.52. The lowest BCUT2D eigenvalue weighted by molar-refractivity contribution is 0.886. The molecule has 1 fully saturated rings. The van der Waals surface area contributed by atoms with Crippen LogP contribution in [-0.2, 0) is 0 Å². The van der Waals surface area contributed by atoms with E-state index in [2.05, 4.69) is 13.8 Å². The molecule has 0 aromatic carbocycles. The topological polar surface area (TPSA) is 0 Å². The average Bonchev–Trinajstić information content (AvgIpc) is 2.73. The first-order chi connectivity index (χ1) is 4.79. The monoisotopic (exact) mass is 158 g/mol. The van der Waals surface area contributed by atoms with E-state index in [0.717, 1.165) is 23.8 Å². The van der Waals surface area contributed by atoms with Crippen molar-refractivity contribution in [3.05, 3.63) is 10.6 Å². The Bertz CT molecular complexity index is 143. The van der Waals surface area contributed by atoms with E-state index < -0.39 is 0 Å². The van der Waals surface area contributed by atoms with Crippen LogP contribution in [0.25, 0.3) is 0 Å². The highest BCUT2D eigenvalue weighted by atomic mass is 35.5. The number of halogens is 1. The summed E-state index contributed by atoms with van der Waals surface area (Å²) in [5.74, 6) is 0.859. The summed E-state index contributed by atoms with van der Waals surface area (Å²) in [6, 6.07) is 0. The SMILES string of the molecule is CC/C(Cl)=C(\CC)C1CC1. The first-order valence-electron chi connectivity index (χ1n) is 4.17. The van der Waals surface area contributed by atoms with Crippen LogP contribution < -0.4 is 0 Å². The van der Waals surface area contributed by atoms with Gasteiger partial charge in [0.2, 0.25) is 0 Å². The Morgan fingerprint density at radius 1 is 1.30 bits per heavy atom. The van der Waals surface area contributed by atoms with Gasteiger partial charge in [0.25, 0.3) is 0 Å². The first-order valence-corrected chi connectivity index (χ1v) is 4.54. The van der Waals surface area contributed by atoms with E-state index in [1.165, 1.54) is 18.4 Å². The molecule has 0 aromatic rings. The van der Waals surface area contributed by atoms with Crippen molar-refractivity contribution in [1.29, 1.82) is 0 Å². The number of allylic oxidation sites excluding steroid dienone is 2. The van der Waals surface area contributed by atoms with E-state index in [-0.39, 0.29) is 0 Å². The molecule has 1 aliphatic carbocycles. The predicted octanol–water partition coefficient (Wildman–Crippen LogP) is 3.71. The fourth-order valence-corrected chi connectivity index (χ4v) is 1.65. The molecule has 1 rings (SSSR count). The molecule has 1 aliphatic rings. The third kappa shape index (κ3) is 1.76. The zero-order valence-corrected chi connectivity index (χ0v) is 7.54. The van der Waals surface area contributed by atoms with Gasteiger partial charge in [-0.1, -0.05) is 31.0 Å². The minimum absolute atomic E-state index is 0.859. The van der Waals surface area contributed by atoms with Gasteiger partial charge in [0.1, 0.15) is 0 Å². The predicted molar refractivity (Wildman–Crippen MR) is 46.2 cm³/mol. The van der Waals surface area contributed by atoms with Crippen LogP contribution >= 0.6 is 11.6 Å². The highest BCUT2D eigenvalue weighted by molar-refractivity contribution is 6.29. The molecule has 1 heteroatoms. The van der Waals surface area contributed by atoms with E-state index in [9.17, 15) is 0 Å². The molecule has 0 spiro atoms. The van der Waals surface area contributed by atoms with Gasteiger partial charge >= 0.3 is 0 Å². The van der Waals surface area contributed by atoms with Gasteiger partial charge in [-0.2, -0.15) is 0 Å². The minimum Gasteiger partial charge on any atom is -0.0892 e. The van der Waals surface area contributed by atoms with Crippen molar-refractivity contribution in [3.8, 4) is 0 Å². The fourth-order valence-electron chi connectivity index (χ4n) is 1.36. The van der Waals surface area contributed by atoms with Gasteiger partial charge in [-0.15, -0.1) is 0 Å². The second kappa shape index (κ2) is 3.43. The normalized spacial score (nSPS) is 20.7. The third-order valence-electron chi connectivity index (χ3n) is 2.11. The molecule has 0 radical (unpaired) electrons. The van der Waals surface area contributed by atoms with Crippen molar-refractivity contribution in [2.24, 2.45) is 5.92 Å². The quantitative estimate of drug-likeness (QED) is 0.588. The summed E-state index contributed by atoms with van der Waals surface area (Å²) in [5, 5.41) is 1.12. The number of hydrogen-bond donors (Lipinski definition) is 0. The molecule has 0 N–H and O–H groups in total. The minimum atomic E-state index is 0.859. The van der Waals surface area contributed by atoms with Gasteiger partial charge in [-0.25, -0.2) is 0 Å². The van der Waals surface area contributed by atoms with Crippen molar-refractivity contribution in [2.75, 3.05) is 0 Å². The number of rotatable bonds is 3. The Balaban J connectivity index is 2.60. The van der Waals surface area contributed by atoms with Crippen LogP contribution in [0.15, 0.2) is 10.6 Å². The molecule has 0 unspecified atom stereocenters. The Morgan fingerprint density at radius 2 is 1.90 bits per heavy atom. The Labute approximate surface area is 68.3 Å². The van der Waals surface area contributed by atoms with Crippen molar-refractivity contribution in [2.45, 2.75) is 39.5 Å². The maximum absolute atomic E-state index is 6.05.